The quantitative estimate of drug-likeness (QED) is 0.858. The number of rotatable bonds is 5. The van der Waals surface area contributed by atoms with Crippen LogP contribution in [0.2, 0.25) is 0 Å². The van der Waals surface area contributed by atoms with Crippen LogP contribution in [0.25, 0.3) is 0 Å². The van der Waals surface area contributed by atoms with Gasteiger partial charge in [0.1, 0.15) is 16.5 Å². The number of aromatic nitrogens is 2. The molecule has 2 aromatic rings. The lowest BCUT2D eigenvalue weighted by Crippen LogP contribution is -2.11. The lowest BCUT2D eigenvalue weighted by Gasteiger charge is -2.09. The molecule has 106 valence electrons. The first-order chi connectivity index (χ1) is 9.52. The van der Waals surface area contributed by atoms with Crippen LogP contribution in [0.1, 0.15) is 18.2 Å². The van der Waals surface area contributed by atoms with E-state index < -0.39 is 0 Å². The Kier molecular flexibility index (Phi) is 4.24. The second-order valence-electron chi connectivity index (χ2n) is 4.26. The number of benzene rings is 1. The van der Waals surface area contributed by atoms with Gasteiger partial charge in [0.2, 0.25) is 5.88 Å². The van der Waals surface area contributed by atoms with Crippen LogP contribution in [0, 0.1) is 6.92 Å². The van der Waals surface area contributed by atoms with Crippen LogP contribution in [-0.2, 0) is 7.05 Å². The average Bonchev–Trinajstić information content (AvgIpc) is 2.67. The number of ether oxygens (including phenoxy) is 2. The maximum Gasteiger partial charge on any atom is 0.228 e. The zero-order valence-corrected chi connectivity index (χ0v) is 12.5. The van der Waals surface area contributed by atoms with Crippen molar-refractivity contribution in [3.8, 4) is 17.4 Å². The van der Waals surface area contributed by atoms with E-state index in [0.717, 1.165) is 11.4 Å². The highest BCUT2D eigenvalue weighted by Crippen LogP contribution is 2.28. The van der Waals surface area contributed by atoms with Crippen molar-refractivity contribution >= 4 is 17.2 Å². The van der Waals surface area contributed by atoms with E-state index >= 15 is 0 Å². The van der Waals surface area contributed by atoms with Gasteiger partial charge in [-0.05, 0) is 38.1 Å². The van der Waals surface area contributed by atoms with Crippen LogP contribution in [-0.4, -0.2) is 21.4 Å². The predicted octanol–water partition coefficient (Wildman–Crippen LogP) is 2.55. The number of nitrogens with two attached hydrogens (primary N) is 1. The number of thiocarbonyl (C=S) groups is 1. The third kappa shape index (κ3) is 2.91. The minimum atomic E-state index is 0.275. The van der Waals surface area contributed by atoms with E-state index in [1.807, 2.05) is 38.1 Å². The van der Waals surface area contributed by atoms with Gasteiger partial charge in [0.05, 0.1) is 17.9 Å². The highest BCUT2D eigenvalue weighted by atomic mass is 32.1. The van der Waals surface area contributed by atoms with E-state index in [0.29, 0.717) is 23.8 Å². The molecule has 0 aliphatic heterocycles. The van der Waals surface area contributed by atoms with E-state index in [-0.39, 0.29) is 4.99 Å². The summed E-state index contributed by atoms with van der Waals surface area (Å²) in [5.74, 6) is 2.02. The van der Waals surface area contributed by atoms with Gasteiger partial charge in [-0.3, -0.25) is 0 Å². The summed E-state index contributed by atoms with van der Waals surface area (Å²) in [6.07, 6.45) is 0. The fourth-order valence-electron chi connectivity index (χ4n) is 1.92. The van der Waals surface area contributed by atoms with E-state index in [9.17, 15) is 0 Å². The molecule has 2 rings (SSSR count). The third-order valence-electron chi connectivity index (χ3n) is 2.77. The van der Waals surface area contributed by atoms with E-state index in [1.54, 1.807) is 11.7 Å². The summed E-state index contributed by atoms with van der Waals surface area (Å²) in [5, 5.41) is 4.27. The van der Waals surface area contributed by atoms with Gasteiger partial charge in [-0.15, -0.1) is 0 Å². The Morgan fingerprint density at radius 1 is 1.30 bits per heavy atom. The monoisotopic (exact) mass is 291 g/mol. The molecular formula is C14H17N3O2S. The van der Waals surface area contributed by atoms with Crippen molar-refractivity contribution in [2.24, 2.45) is 12.8 Å². The van der Waals surface area contributed by atoms with Gasteiger partial charge in [0, 0.05) is 7.05 Å². The topological polar surface area (TPSA) is 62.3 Å². The molecule has 2 N–H and O–H groups in total. The molecule has 5 nitrogen and oxygen atoms in total. The Labute approximate surface area is 123 Å². The minimum Gasteiger partial charge on any atom is -0.494 e. The summed E-state index contributed by atoms with van der Waals surface area (Å²) >= 11 is 5.05. The smallest absolute Gasteiger partial charge is 0.228 e. The number of hydrogen-bond donors (Lipinski definition) is 1. The van der Waals surface area contributed by atoms with Crippen molar-refractivity contribution in [3.05, 3.63) is 35.5 Å². The molecule has 0 amide bonds. The van der Waals surface area contributed by atoms with Gasteiger partial charge in [-0.1, -0.05) is 12.2 Å². The summed E-state index contributed by atoms with van der Waals surface area (Å²) in [6.45, 7) is 4.42. The summed E-state index contributed by atoms with van der Waals surface area (Å²) in [6, 6.07) is 7.36. The van der Waals surface area contributed by atoms with Gasteiger partial charge >= 0.3 is 0 Å². The maximum absolute atomic E-state index is 5.83. The highest BCUT2D eigenvalue weighted by molar-refractivity contribution is 7.80. The molecule has 0 saturated heterocycles. The Morgan fingerprint density at radius 2 is 1.90 bits per heavy atom. The Balaban J connectivity index is 2.28. The number of hydrogen-bond acceptors (Lipinski definition) is 4. The zero-order chi connectivity index (χ0) is 14.7. The van der Waals surface area contributed by atoms with Crippen LogP contribution >= 0.6 is 12.2 Å². The first-order valence-electron chi connectivity index (χ1n) is 6.27. The standard InChI is InChI=1S/C14H17N3O2S/c1-4-18-10-5-7-11(8-6-10)19-14-12(13(15)20)9(2)16-17(14)3/h5-8H,4H2,1-3H3,(H2,15,20). The van der Waals surface area contributed by atoms with Crippen LogP contribution in [0.3, 0.4) is 0 Å². The van der Waals surface area contributed by atoms with Crippen molar-refractivity contribution in [1.82, 2.24) is 9.78 Å². The third-order valence-corrected chi connectivity index (χ3v) is 2.97. The largest absolute Gasteiger partial charge is 0.494 e. The zero-order valence-electron chi connectivity index (χ0n) is 11.7. The van der Waals surface area contributed by atoms with Crippen molar-refractivity contribution in [2.45, 2.75) is 13.8 Å². The average molecular weight is 291 g/mol. The molecule has 0 aliphatic carbocycles. The number of nitrogens with zero attached hydrogens (tertiary/aromatic N) is 2. The Bertz CT molecular complexity index is 620. The molecule has 0 radical (unpaired) electrons. The first kappa shape index (κ1) is 14.3. The van der Waals surface area contributed by atoms with Gasteiger partial charge in [0.25, 0.3) is 0 Å². The van der Waals surface area contributed by atoms with Gasteiger partial charge in [-0.25, -0.2) is 4.68 Å². The second-order valence-corrected chi connectivity index (χ2v) is 4.70. The normalized spacial score (nSPS) is 10.3. The molecule has 1 aromatic carbocycles. The first-order valence-corrected chi connectivity index (χ1v) is 6.67. The van der Waals surface area contributed by atoms with Gasteiger partial charge in [0.15, 0.2) is 0 Å². The van der Waals surface area contributed by atoms with Crippen LogP contribution in [0.15, 0.2) is 24.3 Å². The molecule has 0 spiro atoms. The molecule has 1 heterocycles. The fraction of sp³-hybridized carbons (Fsp3) is 0.286. The number of aryl methyl sites for hydroxylation is 2. The molecule has 0 unspecified atom stereocenters. The predicted molar refractivity (Wildman–Crippen MR) is 81.5 cm³/mol. The van der Waals surface area contributed by atoms with Gasteiger partial charge in [-0.2, -0.15) is 5.10 Å². The maximum atomic E-state index is 5.83. The fourth-order valence-corrected chi connectivity index (χ4v) is 2.15. The highest BCUT2D eigenvalue weighted by Gasteiger charge is 2.17. The van der Waals surface area contributed by atoms with Crippen molar-refractivity contribution in [2.75, 3.05) is 6.61 Å². The molecular weight excluding hydrogens is 274 g/mol. The van der Waals surface area contributed by atoms with Crippen molar-refractivity contribution in [1.29, 1.82) is 0 Å². The Hall–Kier alpha value is -2.08. The molecule has 0 fully saturated rings. The molecule has 0 bridgehead atoms. The van der Waals surface area contributed by atoms with E-state index in [2.05, 4.69) is 5.10 Å². The van der Waals surface area contributed by atoms with Crippen LogP contribution in [0.5, 0.6) is 17.4 Å². The van der Waals surface area contributed by atoms with Crippen molar-refractivity contribution in [3.63, 3.8) is 0 Å². The summed E-state index contributed by atoms with van der Waals surface area (Å²) in [7, 11) is 1.79. The summed E-state index contributed by atoms with van der Waals surface area (Å²) in [4.78, 5) is 0.275. The SMILES string of the molecule is CCOc1ccc(Oc2c(C(N)=S)c(C)nn2C)cc1. The van der Waals surface area contributed by atoms with Crippen molar-refractivity contribution < 1.29 is 9.47 Å². The molecule has 0 atom stereocenters. The minimum absolute atomic E-state index is 0.275. The summed E-state index contributed by atoms with van der Waals surface area (Å²) in [5.41, 5.74) is 7.14. The Morgan fingerprint density at radius 3 is 2.45 bits per heavy atom. The lowest BCUT2D eigenvalue weighted by molar-refractivity contribution is 0.339. The van der Waals surface area contributed by atoms with E-state index in [1.165, 1.54) is 0 Å². The molecule has 0 saturated carbocycles. The van der Waals surface area contributed by atoms with Gasteiger partial charge < -0.3 is 15.2 Å². The molecule has 6 heteroatoms. The van der Waals surface area contributed by atoms with E-state index in [4.69, 9.17) is 27.4 Å². The van der Waals surface area contributed by atoms with Crippen LogP contribution in [0.4, 0.5) is 0 Å². The van der Waals surface area contributed by atoms with Crippen LogP contribution < -0.4 is 15.2 Å². The molecule has 20 heavy (non-hydrogen) atoms. The lowest BCUT2D eigenvalue weighted by atomic mass is 10.2. The molecule has 0 aliphatic rings. The summed E-state index contributed by atoms with van der Waals surface area (Å²) < 4.78 is 12.8. The second kappa shape index (κ2) is 5.92. The molecule has 1 aromatic heterocycles.